The van der Waals surface area contributed by atoms with Crippen LogP contribution in [0.25, 0.3) is 0 Å². The van der Waals surface area contributed by atoms with Crippen LogP contribution in [-0.2, 0) is 16.1 Å². The molecule has 1 aromatic carbocycles. The number of nitrogens with zero attached hydrogens (tertiary/aromatic N) is 1. The SMILES string of the molecule is O=C(CC1CCN(Cc2ccccc2)CC1)NCCC[C@H]1CCOC1. The highest BCUT2D eigenvalue weighted by Gasteiger charge is 2.21. The zero-order valence-electron chi connectivity index (χ0n) is 15.3. The summed E-state index contributed by atoms with van der Waals surface area (Å²) in [5.41, 5.74) is 1.38. The van der Waals surface area contributed by atoms with Gasteiger partial charge >= 0.3 is 0 Å². The van der Waals surface area contributed by atoms with E-state index >= 15 is 0 Å². The van der Waals surface area contributed by atoms with Gasteiger partial charge in [-0.1, -0.05) is 30.3 Å². The molecule has 1 amide bonds. The van der Waals surface area contributed by atoms with Crippen LogP contribution in [0.4, 0.5) is 0 Å². The molecule has 25 heavy (non-hydrogen) atoms. The van der Waals surface area contributed by atoms with Gasteiger partial charge in [-0.05, 0) is 62.6 Å². The van der Waals surface area contributed by atoms with E-state index in [0.717, 1.165) is 58.7 Å². The van der Waals surface area contributed by atoms with Gasteiger partial charge in [0.25, 0.3) is 0 Å². The molecule has 2 heterocycles. The van der Waals surface area contributed by atoms with Crippen LogP contribution in [0.2, 0.25) is 0 Å². The van der Waals surface area contributed by atoms with Crippen LogP contribution in [0.15, 0.2) is 30.3 Å². The molecule has 0 spiro atoms. The second kappa shape index (κ2) is 9.93. The molecule has 2 saturated heterocycles. The van der Waals surface area contributed by atoms with Crippen molar-refractivity contribution in [1.29, 1.82) is 0 Å². The van der Waals surface area contributed by atoms with Crippen molar-refractivity contribution in [1.82, 2.24) is 10.2 Å². The predicted octanol–water partition coefficient (Wildman–Crippen LogP) is 3.22. The van der Waals surface area contributed by atoms with Crippen molar-refractivity contribution in [2.75, 3.05) is 32.8 Å². The molecule has 0 aromatic heterocycles. The van der Waals surface area contributed by atoms with Crippen molar-refractivity contribution in [3.8, 4) is 0 Å². The van der Waals surface area contributed by atoms with E-state index in [1.807, 2.05) is 0 Å². The molecule has 0 aliphatic carbocycles. The van der Waals surface area contributed by atoms with Crippen molar-refractivity contribution < 1.29 is 9.53 Å². The zero-order valence-corrected chi connectivity index (χ0v) is 15.3. The van der Waals surface area contributed by atoms with Gasteiger partial charge < -0.3 is 10.1 Å². The molecule has 1 N–H and O–H groups in total. The first-order valence-corrected chi connectivity index (χ1v) is 9.90. The molecule has 138 valence electrons. The lowest BCUT2D eigenvalue weighted by molar-refractivity contribution is -0.122. The van der Waals surface area contributed by atoms with Crippen LogP contribution < -0.4 is 5.32 Å². The van der Waals surface area contributed by atoms with Crippen LogP contribution in [0.3, 0.4) is 0 Å². The Hall–Kier alpha value is -1.39. The number of benzene rings is 1. The van der Waals surface area contributed by atoms with Gasteiger partial charge in [0.15, 0.2) is 0 Å². The molecule has 2 aliphatic heterocycles. The molecule has 2 aliphatic rings. The van der Waals surface area contributed by atoms with Crippen LogP contribution in [0.5, 0.6) is 0 Å². The molecule has 1 atom stereocenters. The molecule has 0 unspecified atom stereocenters. The maximum Gasteiger partial charge on any atom is 0.220 e. The fourth-order valence-electron chi connectivity index (χ4n) is 3.95. The molecule has 1 aromatic rings. The molecule has 4 nitrogen and oxygen atoms in total. The van der Waals surface area contributed by atoms with Gasteiger partial charge in [-0.25, -0.2) is 0 Å². The summed E-state index contributed by atoms with van der Waals surface area (Å²) in [5.74, 6) is 1.50. The number of hydrogen-bond donors (Lipinski definition) is 1. The van der Waals surface area contributed by atoms with E-state index in [0.29, 0.717) is 18.3 Å². The fourth-order valence-corrected chi connectivity index (χ4v) is 3.95. The molecule has 2 fully saturated rings. The number of nitrogens with one attached hydrogen (secondary N) is 1. The normalized spacial score (nSPS) is 22.2. The van der Waals surface area contributed by atoms with Gasteiger partial charge in [-0.2, -0.15) is 0 Å². The molecule has 3 rings (SSSR count). The molecule has 0 bridgehead atoms. The number of rotatable bonds is 8. The van der Waals surface area contributed by atoms with Crippen LogP contribution >= 0.6 is 0 Å². The van der Waals surface area contributed by atoms with Crippen molar-refractivity contribution in [2.45, 2.75) is 45.1 Å². The average molecular weight is 344 g/mol. The number of piperidine rings is 1. The Balaban J connectivity index is 1.26. The van der Waals surface area contributed by atoms with Crippen LogP contribution in [0, 0.1) is 11.8 Å². The van der Waals surface area contributed by atoms with Gasteiger partial charge in [-0.15, -0.1) is 0 Å². The zero-order chi connectivity index (χ0) is 17.3. The quantitative estimate of drug-likeness (QED) is 0.736. The first-order chi connectivity index (χ1) is 12.3. The maximum absolute atomic E-state index is 12.1. The summed E-state index contributed by atoms with van der Waals surface area (Å²) in [4.78, 5) is 14.6. The van der Waals surface area contributed by atoms with Gasteiger partial charge in [0.2, 0.25) is 5.91 Å². The third kappa shape index (κ3) is 6.44. The Morgan fingerprint density at radius 3 is 2.64 bits per heavy atom. The number of hydrogen-bond acceptors (Lipinski definition) is 3. The minimum atomic E-state index is 0.240. The van der Waals surface area contributed by atoms with Crippen LogP contribution in [0.1, 0.15) is 44.1 Å². The number of carbonyl (C=O) groups is 1. The molecule has 0 saturated carbocycles. The lowest BCUT2D eigenvalue weighted by Gasteiger charge is -2.31. The van der Waals surface area contributed by atoms with Crippen LogP contribution in [-0.4, -0.2) is 43.7 Å². The van der Waals surface area contributed by atoms with E-state index in [1.165, 1.54) is 18.4 Å². The number of ether oxygens (including phenoxy) is 1. The van der Waals surface area contributed by atoms with Gasteiger partial charge in [-0.3, -0.25) is 9.69 Å². The minimum absolute atomic E-state index is 0.240. The highest BCUT2D eigenvalue weighted by atomic mass is 16.5. The fraction of sp³-hybridized carbons (Fsp3) is 0.667. The monoisotopic (exact) mass is 344 g/mol. The first-order valence-electron chi connectivity index (χ1n) is 9.90. The van der Waals surface area contributed by atoms with Crippen molar-refractivity contribution in [2.24, 2.45) is 11.8 Å². The van der Waals surface area contributed by atoms with Crippen molar-refractivity contribution in [3.05, 3.63) is 35.9 Å². The highest BCUT2D eigenvalue weighted by Crippen LogP contribution is 2.22. The largest absolute Gasteiger partial charge is 0.381 e. The number of carbonyl (C=O) groups excluding carboxylic acids is 1. The summed E-state index contributed by atoms with van der Waals surface area (Å²) in [6, 6.07) is 10.7. The summed E-state index contributed by atoms with van der Waals surface area (Å²) in [6.45, 7) is 5.89. The second-order valence-electron chi connectivity index (χ2n) is 7.63. The Labute approximate surface area is 151 Å². The average Bonchev–Trinajstić information content (AvgIpc) is 3.15. The van der Waals surface area contributed by atoms with Gasteiger partial charge in [0, 0.05) is 32.7 Å². The third-order valence-corrected chi connectivity index (χ3v) is 5.57. The summed E-state index contributed by atoms with van der Waals surface area (Å²) >= 11 is 0. The third-order valence-electron chi connectivity index (χ3n) is 5.57. The van der Waals surface area contributed by atoms with E-state index in [9.17, 15) is 4.79 Å². The van der Waals surface area contributed by atoms with E-state index < -0.39 is 0 Å². The van der Waals surface area contributed by atoms with Crippen molar-refractivity contribution in [3.63, 3.8) is 0 Å². The minimum Gasteiger partial charge on any atom is -0.381 e. The predicted molar refractivity (Wildman–Crippen MR) is 100 cm³/mol. The van der Waals surface area contributed by atoms with E-state index in [4.69, 9.17) is 4.74 Å². The Kier molecular flexibility index (Phi) is 7.31. The molecular formula is C21H32N2O2. The Bertz CT molecular complexity index is 506. The number of amides is 1. The number of likely N-dealkylation sites (tertiary alicyclic amines) is 1. The highest BCUT2D eigenvalue weighted by molar-refractivity contribution is 5.76. The second-order valence-corrected chi connectivity index (χ2v) is 7.63. The maximum atomic E-state index is 12.1. The topological polar surface area (TPSA) is 41.6 Å². The van der Waals surface area contributed by atoms with E-state index in [1.54, 1.807) is 0 Å². The lowest BCUT2D eigenvalue weighted by Crippen LogP contribution is -2.35. The Morgan fingerprint density at radius 2 is 1.92 bits per heavy atom. The summed E-state index contributed by atoms with van der Waals surface area (Å²) in [6.07, 6.45) is 6.42. The first kappa shape index (κ1) is 18.4. The van der Waals surface area contributed by atoms with E-state index in [2.05, 4.69) is 40.5 Å². The van der Waals surface area contributed by atoms with Gasteiger partial charge in [0.1, 0.15) is 0 Å². The summed E-state index contributed by atoms with van der Waals surface area (Å²) in [5, 5.41) is 3.11. The summed E-state index contributed by atoms with van der Waals surface area (Å²) < 4.78 is 5.39. The van der Waals surface area contributed by atoms with Gasteiger partial charge in [0.05, 0.1) is 0 Å². The Morgan fingerprint density at radius 1 is 1.12 bits per heavy atom. The summed E-state index contributed by atoms with van der Waals surface area (Å²) in [7, 11) is 0. The lowest BCUT2D eigenvalue weighted by atomic mass is 9.93. The smallest absolute Gasteiger partial charge is 0.220 e. The van der Waals surface area contributed by atoms with Crippen molar-refractivity contribution >= 4 is 5.91 Å². The molecule has 4 heteroatoms. The molecule has 0 radical (unpaired) electrons. The standard InChI is InChI=1S/C21H32N2O2/c24-21(22-11-4-7-20-10-14-25-17-20)15-18-8-12-23(13-9-18)16-19-5-2-1-3-6-19/h1-3,5-6,18,20H,4,7-17H2,(H,22,24)/t20-/m0/s1. The molecular weight excluding hydrogens is 312 g/mol. The van der Waals surface area contributed by atoms with E-state index in [-0.39, 0.29) is 5.91 Å².